The van der Waals surface area contributed by atoms with Crippen molar-refractivity contribution in [1.29, 1.82) is 0 Å². The number of pyridine rings is 1. The van der Waals surface area contributed by atoms with Gasteiger partial charge in [0.25, 0.3) is 0 Å². The van der Waals surface area contributed by atoms with Gasteiger partial charge in [0.2, 0.25) is 0 Å². The molecule has 0 saturated heterocycles. The molecule has 1 atom stereocenters. The number of nitrogens with two attached hydrogens (primary N) is 1. The zero-order chi connectivity index (χ0) is 9.68. The van der Waals surface area contributed by atoms with Crippen LogP contribution in [0.3, 0.4) is 0 Å². The Balaban J connectivity index is 2.50. The summed E-state index contributed by atoms with van der Waals surface area (Å²) in [6.45, 7) is 3.00. The van der Waals surface area contributed by atoms with E-state index in [4.69, 9.17) is 5.73 Å². The van der Waals surface area contributed by atoms with Crippen molar-refractivity contribution in [3.63, 3.8) is 0 Å². The number of rotatable bonds is 4. The Bertz CT molecular complexity index is 265. The lowest BCUT2D eigenvalue weighted by molar-refractivity contribution is 0.531. The summed E-state index contributed by atoms with van der Waals surface area (Å²) in [5, 5.41) is 3.10. The number of nitrogens with one attached hydrogen (secondary N) is 1. The highest BCUT2D eigenvalue weighted by Crippen LogP contribution is 2.03. The number of halogens is 1. The van der Waals surface area contributed by atoms with Crippen LogP contribution in [0, 0.1) is 5.82 Å². The fourth-order valence-corrected chi connectivity index (χ4v) is 0.915. The van der Waals surface area contributed by atoms with Crippen molar-refractivity contribution in [2.45, 2.75) is 19.5 Å². The Kier molecular flexibility index (Phi) is 3.79. The first-order valence-corrected chi connectivity index (χ1v) is 4.26. The number of nitrogens with zero attached hydrogens (tertiary/aromatic N) is 1. The molecule has 0 bridgehead atoms. The topological polar surface area (TPSA) is 50.9 Å². The third-order valence-electron chi connectivity index (χ3n) is 1.85. The molecule has 13 heavy (non-hydrogen) atoms. The molecular formula is C9H14FN3. The molecule has 3 N–H and O–H groups in total. The molecule has 1 aromatic heterocycles. The molecule has 0 fully saturated rings. The highest BCUT2D eigenvalue weighted by Gasteiger charge is 2.02. The summed E-state index contributed by atoms with van der Waals surface area (Å²) >= 11 is 0. The Labute approximate surface area is 77.2 Å². The minimum Gasteiger partial charge on any atom is -0.329 e. The molecule has 3 nitrogen and oxygen atoms in total. The molecule has 1 rings (SSSR count). The Morgan fingerprint density at radius 3 is 3.08 bits per heavy atom. The molecule has 0 saturated carbocycles. The minimum absolute atomic E-state index is 0.201. The molecule has 0 aliphatic rings. The van der Waals surface area contributed by atoms with Crippen LogP contribution in [0.4, 0.5) is 4.39 Å². The summed E-state index contributed by atoms with van der Waals surface area (Å²) in [6.07, 6.45) is 2.79. The van der Waals surface area contributed by atoms with Gasteiger partial charge in [0, 0.05) is 30.9 Å². The maximum Gasteiger partial charge on any atom is 0.145 e. The maximum atomic E-state index is 13.0. The molecular weight excluding hydrogens is 169 g/mol. The third kappa shape index (κ3) is 3.08. The summed E-state index contributed by atoms with van der Waals surface area (Å²) in [6, 6.07) is 1.86. The van der Waals surface area contributed by atoms with Crippen molar-refractivity contribution in [3.05, 3.63) is 29.8 Å². The van der Waals surface area contributed by atoms with Crippen molar-refractivity contribution in [2.24, 2.45) is 5.73 Å². The van der Waals surface area contributed by atoms with E-state index >= 15 is 0 Å². The summed E-state index contributed by atoms with van der Waals surface area (Å²) < 4.78 is 13.0. The van der Waals surface area contributed by atoms with Crippen LogP contribution < -0.4 is 11.1 Å². The Morgan fingerprint density at radius 2 is 2.46 bits per heavy atom. The van der Waals surface area contributed by atoms with Crippen molar-refractivity contribution in [2.75, 3.05) is 6.54 Å². The van der Waals surface area contributed by atoms with E-state index < -0.39 is 0 Å². The summed E-state index contributed by atoms with van der Waals surface area (Å²) in [5.41, 5.74) is 6.03. The molecule has 0 aliphatic carbocycles. The highest BCUT2D eigenvalue weighted by molar-refractivity contribution is 5.12. The zero-order valence-corrected chi connectivity index (χ0v) is 7.63. The monoisotopic (exact) mass is 183 g/mol. The standard InChI is InChI=1S/C9H14FN3/c1-7(4-11)13-5-8-2-3-12-6-9(8)10/h2-3,6-7,13H,4-5,11H2,1H3/t7-/m0/s1. The predicted octanol–water partition coefficient (Wildman–Crippen LogP) is 0.658. The molecule has 0 unspecified atom stereocenters. The summed E-state index contributed by atoms with van der Waals surface area (Å²) in [4.78, 5) is 3.66. The molecule has 4 heteroatoms. The number of hydrogen-bond acceptors (Lipinski definition) is 3. The Morgan fingerprint density at radius 1 is 1.69 bits per heavy atom. The van der Waals surface area contributed by atoms with Gasteiger partial charge in [0.15, 0.2) is 0 Å². The smallest absolute Gasteiger partial charge is 0.145 e. The van der Waals surface area contributed by atoms with E-state index in [0.29, 0.717) is 18.7 Å². The van der Waals surface area contributed by atoms with Crippen LogP contribution in [0.15, 0.2) is 18.5 Å². The fourth-order valence-electron chi connectivity index (χ4n) is 0.915. The van der Waals surface area contributed by atoms with E-state index in [-0.39, 0.29) is 11.9 Å². The van der Waals surface area contributed by atoms with Crippen molar-refractivity contribution in [1.82, 2.24) is 10.3 Å². The largest absolute Gasteiger partial charge is 0.329 e. The van der Waals surface area contributed by atoms with E-state index in [9.17, 15) is 4.39 Å². The molecule has 0 amide bonds. The lowest BCUT2D eigenvalue weighted by atomic mass is 10.2. The van der Waals surface area contributed by atoms with Gasteiger partial charge >= 0.3 is 0 Å². The lowest BCUT2D eigenvalue weighted by Crippen LogP contribution is -2.32. The molecule has 0 aromatic carbocycles. The first-order chi connectivity index (χ1) is 6.24. The predicted molar refractivity (Wildman–Crippen MR) is 49.6 cm³/mol. The van der Waals surface area contributed by atoms with Crippen LogP contribution in [0.25, 0.3) is 0 Å². The fraction of sp³-hybridized carbons (Fsp3) is 0.444. The summed E-state index contributed by atoms with van der Waals surface area (Å²) in [5.74, 6) is -0.278. The molecule has 1 heterocycles. The van der Waals surface area contributed by atoms with E-state index in [0.717, 1.165) is 0 Å². The van der Waals surface area contributed by atoms with Gasteiger partial charge in [0.05, 0.1) is 6.20 Å². The summed E-state index contributed by atoms with van der Waals surface area (Å²) in [7, 11) is 0. The van der Waals surface area contributed by atoms with E-state index in [1.807, 2.05) is 6.92 Å². The first kappa shape index (κ1) is 10.1. The number of aromatic nitrogens is 1. The van der Waals surface area contributed by atoms with Gasteiger partial charge in [-0.2, -0.15) is 0 Å². The van der Waals surface area contributed by atoms with Crippen molar-refractivity contribution >= 4 is 0 Å². The van der Waals surface area contributed by atoms with Crippen LogP contribution >= 0.6 is 0 Å². The van der Waals surface area contributed by atoms with Crippen LogP contribution in [-0.2, 0) is 6.54 Å². The normalized spacial score (nSPS) is 12.8. The maximum absolute atomic E-state index is 13.0. The van der Waals surface area contributed by atoms with Crippen LogP contribution in [0.5, 0.6) is 0 Å². The van der Waals surface area contributed by atoms with Gasteiger partial charge in [-0.05, 0) is 13.0 Å². The van der Waals surface area contributed by atoms with Crippen LogP contribution in [0.1, 0.15) is 12.5 Å². The van der Waals surface area contributed by atoms with Gasteiger partial charge in [-0.25, -0.2) is 4.39 Å². The molecule has 0 aliphatic heterocycles. The average Bonchev–Trinajstić information content (AvgIpc) is 2.16. The van der Waals surface area contributed by atoms with Gasteiger partial charge in [-0.15, -0.1) is 0 Å². The number of hydrogen-bond donors (Lipinski definition) is 2. The Hall–Kier alpha value is -1.00. The molecule has 0 radical (unpaired) electrons. The second-order valence-electron chi connectivity index (χ2n) is 2.98. The van der Waals surface area contributed by atoms with Crippen LogP contribution in [-0.4, -0.2) is 17.6 Å². The highest BCUT2D eigenvalue weighted by atomic mass is 19.1. The molecule has 0 spiro atoms. The quantitative estimate of drug-likeness (QED) is 0.721. The third-order valence-corrected chi connectivity index (χ3v) is 1.85. The molecule has 1 aromatic rings. The molecule has 72 valence electrons. The van der Waals surface area contributed by atoms with Gasteiger partial charge < -0.3 is 11.1 Å². The van der Waals surface area contributed by atoms with E-state index in [1.165, 1.54) is 6.20 Å². The van der Waals surface area contributed by atoms with Crippen molar-refractivity contribution in [3.8, 4) is 0 Å². The van der Waals surface area contributed by atoms with E-state index in [2.05, 4.69) is 10.3 Å². The van der Waals surface area contributed by atoms with Crippen LogP contribution in [0.2, 0.25) is 0 Å². The van der Waals surface area contributed by atoms with Gasteiger partial charge in [-0.3, -0.25) is 4.98 Å². The SMILES string of the molecule is C[C@@H](CN)NCc1ccncc1F. The zero-order valence-electron chi connectivity index (χ0n) is 7.63. The lowest BCUT2D eigenvalue weighted by Gasteiger charge is -2.10. The van der Waals surface area contributed by atoms with E-state index in [1.54, 1.807) is 12.3 Å². The minimum atomic E-state index is -0.278. The van der Waals surface area contributed by atoms with Gasteiger partial charge in [-0.1, -0.05) is 0 Å². The first-order valence-electron chi connectivity index (χ1n) is 4.26. The average molecular weight is 183 g/mol. The van der Waals surface area contributed by atoms with Crippen molar-refractivity contribution < 1.29 is 4.39 Å². The second kappa shape index (κ2) is 4.89. The second-order valence-corrected chi connectivity index (χ2v) is 2.98. The van der Waals surface area contributed by atoms with Gasteiger partial charge in [0.1, 0.15) is 5.82 Å².